The number of hydrogen-bond acceptors (Lipinski definition) is 4. The van der Waals surface area contributed by atoms with Crippen molar-refractivity contribution in [3.8, 4) is 5.75 Å². The van der Waals surface area contributed by atoms with Crippen molar-refractivity contribution in [2.75, 3.05) is 26.3 Å². The second kappa shape index (κ2) is 9.56. The van der Waals surface area contributed by atoms with Gasteiger partial charge < -0.3 is 19.7 Å². The summed E-state index contributed by atoms with van der Waals surface area (Å²) in [6.07, 6.45) is 3.67. The zero-order valence-electron chi connectivity index (χ0n) is 16.0. The summed E-state index contributed by atoms with van der Waals surface area (Å²) in [6, 6.07) is 4.03. The van der Waals surface area contributed by atoms with Crippen molar-refractivity contribution in [3.05, 3.63) is 29.0 Å². The number of benzene rings is 1. The second-order valence-corrected chi connectivity index (χ2v) is 8.00. The molecule has 2 aliphatic rings. The molecule has 1 saturated heterocycles. The quantitative estimate of drug-likeness (QED) is 0.747. The molecule has 0 radical (unpaired) electrons. The van der Waals surface area contributed by atoms with Crippen LogP contribution in [-0.4, -0.2) is 55.2 Å². The fraction of sp³-hybridized carbons (Fsp3) is 0.600. The highest BCUT2D eigenvalue weighted by atomic mass is 35.5. The highest BCUT2D eigenvalue weighted by molar-refractivity contribution is 6.30. The second-order valence-electron chi connectivity index (χ2n) is 7.60. The molecule has 1 aromatic rings. The normalized spacial score (nSPS) is 22.5. The first-order chi connectivity index (χ1) is 13.4. The van der Waals surface area contributed by atoms with Crippen LogP contribution < -0.4 is 10.1 Å². The molecule has 8 heteroatoms. The summed E-state index contributed by atoms with van der Waals surface area (Å²) in [7, 11) is 0. The predicted octanol–water partition coefficient (Wildman–Crippen LogP) is 2.78. The summed E-state index contributed by atoms with van der Waals surface area (Å²) in [5.74, 6) is 0.0906. The molecule has 154 valence electrons. The van der Waals surface area contributed by atoms with Crippen molar-refractivity contribution in [1.82, 2.24) is 10.2 Å². The predicted molar refractivity (Wildman–Crippen MR) is 103 cm³/mol. The molecule has 28 heavy (non-hydrogen) atoms. The Kier molecular flexibility index (Phi) is 7.13. The molecule has 0 aromatic heterocycles. The van der Waals surface area contributed by atoms with Crippen molar-refractivity contribution in [3.63, 3.8) is 0 Å². The Morgan fingerprint density at radius 1 is 1.25 bits per heavy atom. The lowest BCUT2D eigenvalue weighted by molar-refractivity contribution is -0.142. The van der Waals surface area contributed by atoms with E-state index in [2.05, 4.69) is 12.2 Å². The van der Waals surface area contributed by atoms with Gasteiger partial charge in [0.05, 0.1) is 11.1 Å². The van der Waals surface area contributed by atoms with Crippen LogP contribution in [-0.2, 0) is 14.3 Å². The molecule has 1 heterocycles. The first-order valence-electron chi connectivity index (χ1n) is 9.67. The average Bonchev–Trinajstić information content (AvgIpc) is 2.65. The third-order valence-electron chi connectivity index (χ3n) is 5.25. The van der Waals surface area contributed by atoms with E-state index in [9.17, 15) is 14.0 Å². The van der Waals surface area contributed by atoms with E-state index in [0.29, 0.717) is 31.8 Å². The summed E-state index contributed by atoms with van der Waals surface area (Å²) >= 11 is 5.61. The van der Waals surface area contributed by atoms with Gasteiger partial charge in [0, 0.05) is 25.2 Å². The van der Waals surface area contributed by atoms with Gasteiger partial charge in [-0.15, -0.1) is 0 Å². The first-order valence-corrected chi connectivity index (χ1v) is 10.0. The number of likely N-dealkylation sites (tertiary alicyclic amines) is 1. The van der Waals surface area contributed by atoms with Gasteiger partial charge in [0.15, 0.2) is 6.61 Å². The van der Waals surface area contributed by atoms with Crippen LogP contribution in [0.1, 0.15) is 32.6 Å². The third-order valence-corrected chi connectivity index (χ3v) is 5.55. The van der Waals surface area contributed by atoms with Crippen LogP contribution in [0.15, 0.2) is 18.2 Å². The maximum atomic E-state index is 13.4. The number of rotatable bonds is 7. The van der Waals surface area contributed by atoms with Crippen LogP contribution in [0.5, 0.6) is 5.75 Å². The summed E-state index contributed by atoms with van der Waals surface area (Å²) in [4.78, 5) is 26.0. The fourth-order valence-corrected chi connectivity index (χ4v) is 3.62. The third kappa shape index (κ3) is 5.82. The van der Waals surface area contributed by atoms with Gasteiger partial charge in [-0.3, -0.25) is 9.59 Å². The van der Waals surface area contributed by atoms with Crippen LogP contribution in [0, 0.1) is 11.7 Å². The molecule has 2 fully saturated rings. The molecule has 1 aliphatic carbocycles. The van der Waals surface area contributed by atoms with Crippen molar-refractivity contribution < 1.29 is 23.5 Å². The lowest BCUT2D eigenvalue weighted by Gasteiger charge is -2.35. The van der Waals surface area contributed by atoms with E-state index >= 15 is 0 Å². The zero-order valence-corrected chi connectivity index (χ0v) is 16.7. The number of carbonyl (C=O) groups is 2. The van der Waals surface area contributed by atoms with Crippen LogP contribution >= 0.6 is 11.6 Å². The number of carbonyl (C=O) groups excluding carboxylic acids is 2. The maximum absolute atomic E-state index is 13.4. The summed E-state index contributed by atoms with van der Waals surface area (Å²) in [6.45, 7) is 3.31. The Balaban J connectivity index is 1.32. The van der Waals surface area contributed by atoms with Gasteiger partial charge in [-0.25, -0.2) is 4.39 Å². The monoisotopic (exact) mass is 412 g/mol. The number of halogens is 2. The van der Waals surface area contributed by atoms with Crippen LogP contribution in [0.4, 0.5) is 4.39 Å². The Labute approximate surface area is 169 Å². The lowest BCUT2D eigenvalue weighted by atomic mass is 9.84. The summed E-state index contributed by atoms with van der Waals surface area (Å²) < 4.78 is 24.3. The molecule has 0 atom stereocenters. The smallest absolute Gasteiger partial charge is 0.258 e. The largest absolute Gasteiger partial charge is 0.484 e. The van der Waals surface area contributed by atoms with Gasteiger partial charge in [0.2, 0.25) is 5.91 Å². The van der Waals surface area contributed by atoms with Gasteiger partial charge in [0.25, 0.3) is 5.91 Å². The molecular formula is C20H26ClFN2O4. The number of ether oxygens (including phenoxy) is 2. The van der Waals surface area contributed by atoms with E-state index in [1.807, 2.05) is 0 Å². The van der Waals surface area contributed by atoms with E-state index in [1.165, 1.54) is 12.1 Å². The van der Waals surface area contributed by atoms with Crippen molar-refractivity contribution >= 4 is 23.4 Å². The molecule has 3 rings (SSSR count). The molecule has 1 aliphatic heterocycles. The topological polar surface area (TPSA) is 67.9 Å². The highest BCUT2D eigenvalue weighted by Gasteiger charge is 2.28. The van der Waals surface area contributed by atoms with Gasteiger partial charge >= 0.3 is 0 Å². The number of piperidine rings is 1. The average molecular weight is 413 g/mol. The molecule has 0 unspecified atom stereocenters. The molecule has 2 amide bonds. The standard InChI is InChI=1S/C20H26ClFN2O4/c1-13-8-16(9-13)28-12-20(26)24-6-4-14(5-7-24)23-19(25)11-27-15-2-3-17(21)18(22)10-15/h2-3,10,13-14,16H,4-9,11-12H2,1H3,(H,23,25). The Hall–Kier alpha value is -1.86. The Bertz CT molecular complexity index is 703. The minimum Gasteiger partial charge on any atom is -0.484 e. The molecular weight excluding hydrogens is 387 g/mol. The number of hydrogen-bond donors (Lipinski definition) is 1. The van der Waals surface area contributed by atoms with E-state index in [0.717, 1.165) is 18.9 Å². The van der Waals surface area contributed by atoms with Crippen molar-refractivity contribution in [2.24, 2.45) is 5.92 Å². The number of nitrogens with zero attached hydrogens (tertiary/aromatic N) is 1. The van der Waals surface area contributed by atoms with E-state index in [4.69, 9.17) is 21.1 Å². The highest BCUT2D eigenvalue weighted by Crippen LogP contribution is 2.29. The Morgan fingerprint density at radius 3 is 2.61 bits per heavy atom. The molecule has 1 aromatic carbocycles. The van der Waals surface area contributed by atoms with Crippen LogP contribution in [0.3, 0.4) is 0 Å². The Morgan fingerprint density at radius 2 is 1.96 bits per heavy atom. The van der Waals surface area contributed by atoms with E-state index in [1.54, 1.807) is 4.90 Å². The van der Waals surface area contributed by atoms with Crippen LogP contribution in [0.25, 0.3) is 0 Å². The lowest BCUT2D eigenvalue weighted by Crippen LogP contribution is -2.48. The van der Waals surface area contributed by atoms with Gasteiger partial charge in [0.1, 0.15) is 18.2 Å². The maximum Gasteiger partial charge on any atom is 0.258 e. The molecule has 1 saturated carbocycles. The summed E-state index contributed by atoms with van der Waals surface area (Å²) in [5.41, 5.74) is 0. The first kappa shape index (κ1) is 20.9. The minimum absolute atomic E-state index is 0.00416. The zero-order chi connectivity index (χ0) is 20.1. The van der Waals surface area contributed by atoms with Gasteiger partial charge in [-0.2, -0.15) is 0 Å². The van der Waals surface area contributed by atoms with E-state index in [-0.39, 0.29) is 47.9 Å². The van der Waals surface area contributed by atoms with Crippen molar-refractivity contribution in [2.45, 2.75) is 44.8 Å². The summed E-state index contributed by atoms with van der Waals surface area (Å²) in [5, 5.41) is 2.90. The SMILES string of the molecule is CC1CC(OCC(=O)N2CCC(NC(=O)COc3ccc(Cl)c(F)c3)CC2)C1. The number of nitrogens with one attached hydrogen (secondary N) is 1. The minimum atomic E-state index is -0.590. The molecule has 6 nitrogen and oxygen atoms in total. The van der Waals surface area contributed by atoms with Crippen LogP contribution in [0.2, 0.25) is 5.02 Å². The fourth-order valence-electron chi connectivity index (χ4n) is 3.50. The van der Waals surface area contributed by atoms with Gasteiger partial charge in [-0.1, -0.05) is 18.5 Å². The number of amides is 2. The molecule has 0 spiro atoms. The van der Waals surface area contributed by atoms with Gasteiger partial charge in [-0.05, 0) is 43.7 Å². The molecule has 1 N–H and O–H groups in total. The van der Waals surface area contributed by atoms with E-state index < -0.39 is 5.82 Å². The van der Waals surface area contributed by atoms with Crippen molar-refractivity contribution in [1.29, 1.82) is 0 Å². The molecule has 0 bridgehead atoms.